The number of anilines is 2. The minimum Gasteiger partial charge on any atom is -0.324 e. The maximum Gasteiger partial charge on any atom is 0.407 e. The Bertz CT molecular complexity index is 557. The zero-order valence-corrected chi connectivity index (χ0v) is 10.5. The predicted octanol–water partition coefficient (Wildman–Crippen LogP) is 1.79. The third-order valence-corrected chi connectivity index (χ3v) is 2.86. The Morgan fingerprint density at radius 3 is 2.30 bits per heavy atom. The van der Waals surface area contributed by atoms with Gasteiger partial charge < -0.3 is 16.0 Å². The molecule has 2 rings (SSSR count). The summed E-state index contributed by atoms with van der Waals surface area (Å²) in [6.45, 7) is 0. The zero-order chi connectivity index (χ0) is 14.9. The van der Waals surface area contributed by atoms with Crippen LogP contribution in [0.15, 0.2) is 18.2 Å². The first kappa shape index (κ1) is 14.3. The molecule has 0 bridgehead atoms. The quantitative estimate of drug-likeness (QED) is 0.726. The SMILES string of the molecule is CNC(c1ccc2c(c1)NC(=O)CC(=O)N2)C(F)(F)F. The molecule has 0 aromatic heterocycles. The predicted molar refractivity (Wildman–Crippen MR) is 66.2 cm³/mol. The Balaban J connectivity index is 2.41. The van der Waals surface area contributed by atoms with Crippen LogP contribution < -0.4 is 16.0 Å². The van der Waals surface area contributed by atoms with Gasteiger partial charge in [0.1, 0.15) is 12.5 Å². The number of benzene rings is 1. The highest BCUT2D eigenvalue weighted by molar-refractivity contribution is 6.13. The molecule has 20 heavy (non-hydrogen) atoms. The Labute approximate surface area is 112 Å². The zero-order valence-electron chi connectivity index (χ0n) is 10.5. The number of alkyl halides is 3. The molecule has 0 aliphatic carbocycles. The number of rotatable bonds is 2. The Morgan fingerprint density at radius 2 is 1.75 bits per heavy atom. The van der Waals surface area contributed by atoms with Crippen molar-refractivity contribution in [1.29, 1.82) is 0 Å². The van der Waals surface area contributed by atoms with Gasteiger partial charge in [0.2, 0.25) is 11.8 Å². The molecule has 2 amide bonds. The first-order chi connectivity index (χ1) is 9.31. The van der Waals surface area contributed by atoms with Crippen molar-refractivity contribution in [3.63, 3.8) is 0 Å². The van der Waals surface area contributed by atoms with Gasteiger partial charge in [-0.15, -0.1) is 0 Å². The fourth-order valence-electron chi connectivity index (χ4n) is 2.01. The van der Waals surface area contributed by atoms with Crippen molar-refractivity contribution in [2.45, 2.75) is 18.6 Å². The number of carbonyl (C=O) groups is 2. The van der Waals surface area contributed by atoms with Gasteiger partial charge in [0.15, 0.2) is 0 Å². The summed E-state index contributed by atoms with van der Waals surface area (Å²) in [5.74, 6) is -1.07. The van der Waals surface area contributed by atoms with Crippen LogP contribution in [0.2, 0.25) is 0 Å². The van der Waals surface area contributed by atoms with Crippen LogP contribution in [-0.4, -0.2) is 25.0 Å². The Morgan fingerprint density at radius 1 is 1.15 bits per heavy atom. The lowest BCUT2D eigenvalue weighted by Gasteiger charge is -2.21. The van der Waals surface area contributed by atoms with Crippen molar-refractivity contribution in [2.24, 2.45) is 0 Å². The Kier molecular flexibility index (Phi) is 3.67. The molecule has 0 spiro atoms. The molecule has 1 aliphatic heterocycles. The second-order valence-corrected chi connectivity index (χ2v) is 4.34. The van der Waals surface area contributed by atoms with Gasteiger partial charge in [0.05, 0.1) is 11.4 Å². The molecule has 1 atom stereocenters. The standard InChI is InChI=1S/C12H12F3N3O2/c1-16-11(12(13,14)15)6-2-3-7-8(4-6)18-10(20)5-9(19)17-7/h2-4,11,16H,5H2,1H3,(H,17,19)(H,18,20). The maximum absolute atomic E-state index is 12.8. The molecule has 1 aromatic rings. The first-order valence-corrected chi connectivity index (χ1v) is 5.79. The second-order valence-electron chi connectivity index (χ2n) is 4.34. The van der Waals surface area contributed by atoms with Crippen LogP contribution in [0.3, 0.4) is 0 Å². The molecule has 8 heteroatoms. The summed E-state index contributed by atoms with van der Waals surface area (Å²) < 4.78 is 38.5. The first-order valence-electron chi connectivity index (χ1n) is 5.79. The van der Waals surface area contributed by atoms with Gasteiger partial charge in [-0.25, -0.2) is 0 Å². The van der Waals surface area contributed by atoms with Crippen LogP contribution in [0, 0.1) is 0 Å². The molecule has 3 N–H and O–H groups in total. The summed E-state index contributed by atoms with van der Waals surface area (Å²) >= 11 is 0. The van der Waals surface area contributed by atoms with Crippen molar-refractivity contribution < 1.29 is 22.8 Å². The number of amides is 2. The molecule has 0 saturated carbocycles. The molecular formula is C12H12F3N3O2. The van der Waals surface area contributed by atoms with Gasteiger partial charge in [-0.3, -0.25) is 9.59 Å². The molecular weight excluding hydrogens is 275 g/mol. The van der Waals surface area contributed by atoms with E-state index in [1.54, 1.807) is 0 Å². The third-order valence-electron chi connectivity index (χ3n) is 2.86. The minimum atomic E-state index is -4.46. The fourth-order valence-corrected chi connectivity index (χ4v) is 2.01. The van der Waals surface area contributed by atoms with Crippen molar-refractivity contribution in [3.05, 3.63) is 23.8 Å². The average molecular weight is 287 g/mol. The van der Waals surface area contributed by atoms with Gasteiger partial charge in [-0.2, -0.15) is 13.2 Å². The highest BCUT2D eigenvalue weighted by Gasteiger charge is 2.40. The average Bonchev–Trinajstić information content (AvgIpc) is 2.44. The van der Waals surface area contributed by atoms with E-state index >= 15 is 0 Å². The van der Waals surface area contributed by atoms with Gasteiger partial charge in [0.25, 0.3) is 0 Å². The van der Waals surface area contributed by atoms with E-state index in [1.165, 1.54) is 25.2 Å². The van der Waals surface area contributed by atoms with Gasteiger partial charge in [-0.05, 0) is 24.7 Å². The van der Waals surface area contributed by atoms with Gasteiger partial charge >= 0.3 is 6.18 Å². The van der Waals surface area contributed by atoms with E-state index in [4.69, 9.17) is 0 Å². The van der Waals surface area contributed by atoms with Gasteiger partial charge in [-0.1, -0.05) is 6.07 Å². The number of hydrogen-bond acceptors (Lipinski definition) is 3. The highest BCUT2D eigenvalue weighted by atomic mass is 19.4. The summed E-state index contributed by atoms with van der Waals surface area (Å²) in [6.07, 6.45) is -4.82. The molecule has 1 heterocycles. The summed E-state index contributed by atoms with van der Waals surface area (Å²) in [5.41, 5.74) is 0.389. The summed E-state index contributed by atoms with van der Waals surface area (Å²) in [5, 5.41) is 7.03. The monoisotopic (exact) mass is 287 g/mol. The Hall–Kier alpha value is -2.09. The highest BCUT2D eigenvalue weighted by Crippen LogP contribution is 2.35. The molecule has 1 aromatic carbocycles. The summed E-state index contributed by atoms with van der Waals surface area (Å²) in [4.78, 5) is 22.7. The van der Waals surface area contributed by atoms with E-state index in [0.29, 0.717) is 0 Å². The summed E-state index contributed by atoms with van der Waals surface area (Å²) in [6, 6.07) is 1.95. The molecule has 0 fully saturated rings. The molecule has 0 radical (unpaired) electrons. The van der Waals surface area contributed by atoms with Crippen molar-refractivity contribution >= 4 is 23.2 Å². The summed E-state index contributed by atoms with van der Waals surface area (Å²) in [7, 11) is 1.20. The van der Waals surface area contributed by atoms with Crippen LogP contribution in [0.5, 0.6) is 0 Å². The van der Waals surface area contributed by atoms with Crippen molar-refractivity contribution in [1.82, 2.24) is 5.32 Å². The van der Waals surface area contributed by atoms with Crippen molar-refractivity contribution in [3.8, 4) is 0 Å². The van der Waals surface area contributed by atoms with E-state index in [1.807, 2.05) is 0 Å². The van der Waals surface area contributed by atoms with Crippen molar-refractivity contribution in [2.75, 3.05) is 17.7 Å². The van der Waals surface area contributed by atoms with Gasteiger partial charge in [0, 0.05) is 0 Å². The number of fused-ring (bicyclic) bond motifs is 1. The molecule has 1 unspecified atom stereocenters. The van der Waals surface area contributed by atoms with Crippen LogP contribution in [-0.2, 0) is 9.59 Å². The van der Waals surface area contributed by atoms with Crippen LogP contribution >= 0.6 is 0 Å². The van der Waals surface area contributed by atoms with E-state index in [0.717, 1.165) is 0 Å². The van der Waals surface area contributed by atoms with E-state index in [9.17, 15) is 22.8 Å². The number of halogens is 3. The molecule has 0 saturated heterocycles. The topological polar surface area (TPSA) is 70.2 Å². The largest absolute Gasteiger partial charge is 0.407 e. The number of hydrogen-bond donors (Lipinski definition) is 3. The van der Waals surface area contributed by atoms with E-state index in [2.05, 4.69) is 16.0 Å². The number of nitrogens with one attached hydrogen (secondary N) is 3. The van der Waals surface area contributed by atoms with Crippen LogP contribution in [0.4, 0.5) is 24.5 Å². The lowest BCUT2D eigenvalue weighted by molar-refractivity contribution is -0.156. The molecule has 5 nitrogen and oxygen atoms in total. The molecule has 108 valence electrons. The fraction of sp³-hybridized carbons (Fsp3) is 0.333. The normalized spacial score (nSPS) is 16.8. The maximum atomic E-state index is 12.8. The third kappa shape index (κ3) is 2.90. The van der Waals surface area contributed by atoms with Crippen LogP contribution in [0.1, 0.15) is 18.0 Å². The van der Waals surface area contributed by atoms with Crippen LogP contribution in [0.25, 0.3) is 0 Å². The molecule has 1 aliphatic rings. The number of carbonyl (C=O) groups excluding carboxylic acids is 2. The van der Waals surface area contributed by atoms with E-state index in [-0.39, 0.29) is 23.4 Å². The second kappa shape index (κ2) is 5.12. The minimum absolute atomic E-state index is 0.0461. The lowest BCUT2D eigenvalue weighted by atomic mass is 10.0. The lowest BCUT2D eigenvalue weighted by Crippen LogP contribution is -2.31. The van der Waals surface area contributed by atoms with E-state index < -0.39 is 24.0 Å². The smallest absolute Gasteiger partial charge is 0.324 e.